The number of halogens is 1. The van der Waals surface area contributed by atoms with Crippen LogP contribution >= 0.6 is 11.6 Å². The molecular weight excluding hydrogens is 440 g/mol. The average molecular weight is 467 g/mol. The summed E-state index contributed by atoms with van der Waals surface area (Å²) in [6, 6.07) is 17.8. The number of nitrogens with zero attached hydrogens (tertiary/aromatic N) is 1. The van der Waals surface area contributed by atoms with Crippen molar-refractivity contribution in [2.75, 3.05) is 6.54 Å². The van der Waals surface area contributed by atoms with Crippen LogP contribution in [0.3, 0.4) is 0 Å². The van der Waals surface area contributed by atoms with Gasteiger partial charge in [0, 0.05) is 29.9 Å². The zero-order valence-corrected chi connectivity index (χ0v) is 19.1. The Labute approximate surface area is 198 Å². The molecule has 1 aliphatic heterocycles. The van der Waals surface area contributed by atoms with Gasteiger partial charge in [-0.15, -0.1) is 0 Å². The minimum Gasteiger partial charge on any atom is -0.481 e. The zero-order chi connectivity index (χ0) is 24.1. The van der Waals surface area contributed by atoms with Gasteiger partial charge in [0.2, 0.25) is 0 Å². The van der Waals surface area contributed by atoms with E-state index in [1.165, 1.54) is 0 Å². The van der Waals surface area contributed by atoms with Crippen LogP contribution in [0, 0.1) is 22.2 Å². The van der Waals surface area contributed by atoms with Gasteiger partial charge < -0.3 is 15.5 Å². The molecule has 0 radical (unpaired) electrons. The number of hydrogen-bond acceptors (Lipinski definition) is 4. The Bertz CT molecular complexity index is 1080. The molecule has 0 aliphatic carbocycles. The number of nitriles is 1. The van der Waals surface area contributed by atoms with Crippen molar-refractivity contribution in [3.8, 4) is 6.07 Å². The summed E-state index contributed by atoms with van der Waals surface area (Å²) in [6.45, 7) is 1.83. The van der Waals surface area contributed by atoms with Crippen LogP contribution in [0.1, 0.15) is 43.2 Å². The predicted molar refractivity (Wildman–Crippen MR) is 127 cm³/mol. The number of hydrogen-bond donors (Lipinski definition) is 3. The predicted octanol–water partition coefficient (Wildman–Crippen LogP) is 4.96. The van der Waals surface area contributed by atoms with Gasteiger partial charge in [-0.25, -0.2) is 0 Å². The molecular formula is C26H27ClN2O4. The van der Waals surface area contributed by atoms with Gasteiger partial charge in [0.25, 0.3) is 0 Å². The zero-order valence-electron chi connectivity index (χ0n) is 18.4. The molecule has 33 heavy (non-hydrogen) atoms. The number of benzene rings is 2. The third-order valence-electron chi connectivity index (χ3n) is 6.82. The molecule has 7 heteroatoms. The SMILES string of the molecule is CC1NCC(CCC#N)(C(=O)O)C(c2cccc(Cl)c2)C1(CC=Cc1ccccc1)C(=O)O. The maximum absolute atomic E-state index is 13.0. The van der Waals surface area contributed by atoms with Gasteiger partial charge >= 0.3 is 11.9 Å². The third-order valence-corrected chi connectivity index (χ3v) is 7.05. The largest absolute Gasteiger partial charge is 0.481 e. The first kappa shape index (κ1) is 24.5. The highest BCUT2D eigenvalue weighted by Crippen LogP contribution is 2.57. The van der Waals surface area contributed by atoms with Crippen LogP contribution in [0.4, 0.5) is 0 Å². The van der Waals surface area contributed by atoms with E-state index in [9.17, 15) is 25.1 Å². The Hall–Kier alpha value is -3.14. The first-order valence-electron chi connectivity index (χ1n) is 10.8. The Kier molecular flexibility index (Phi) is 7.57. The molecule has 0 amide bonds. The second kappa shape index (κ2) is 10.2. The number of nitrogens with one attached hydrogen (secondary N) is 1. The second-order valence-corrected chi connectivity index (χ2v) is 9.01. The van der Waals surface area contributed by atoms with E-state index in [1.54, 1.807) is 37.3 Å². The smallest absolute Gasteiger partial charge is 0.312 e. The van der Waals surface area contributed by atoms with Crippen LogP contribution in [0.5, 0.6) is 0 Å². The van der Waals surface area contributed by atoms with E-state index < -0.39 is 34.7 Å². The first-order valence-corrected chi connectivity index (χ1v) is 11.2. The first-order chi connectivity index (χ1) is 15.8. The van der Waals surface area contributed by atoms with Gasteiger partial charge in [-0.1, -0.05) is 66.2 Å². The lowest BCUT2D eigenvalue weighted by Crippen LogP contribution is -2.66. The van der Waals surface area contributed by atoms with Crippen molar-refractivity contribution in [3.63, 3.8) is 0 Å². The fraction of sp³-hybridized carbons (Fsp3) is 0.346. The lowest BCUT2D eigenvalue weighted by molar-refractivity contribution is -0.168. The number of carbonyl (C=O) groups is 2. The summed E-state index contributed by atoms with van der Waals surface area (Å²) < 4.78 is 0. The summed E-state index contributed by atoms with van der Waals surface area (Å²) in [4.78, 5) is 25.8. The second-order valence-electron chi connectivity index (χ2n) is 8.57. The van der Waals surface area contributed by atoms with Crippen molar-refractivity contribution < 1.29 is 19.8 Å². The Balaban J connectivity index is 2.21. The number of piperidine rings is 1. The van der Waals surface area contributed by atoms with E-state index in [-0.39, 0.29) is 25.8 Å². The summed E-state index contributed by atoms with van der Waals surface area (Å²) in [5.74, 6) is -3.13. The quantitative estimate of drug-likeness (QED) is 0.506. The van der Waals surface area contributed by atoms with Gasteiger partial charge in [0.15, 0.2) is 0 Å². The van der Waals surface area contributed by atoms with Crippen LogP contribution in [0.25, 0.3) is 6.08 Å². The number of allylic oxidation sites excluding steroid dienone is 1. The van der Waals surface area contributed by atoms with Gasteiger partial charge in [0.05, 0.1) is 16.9 Å². The van der Waals surface area contributed by atoms with Crippen LogP contribution in [-0.2, 0) is 9.59 Å². The monoisotopic (exact) mass is 466 g/mol. The molecule has 1 saturated heterocycles. The van der Waals surface area contributed by atoms with E-state index >= 15 is 0 Å². The average Bonchev–Trinajstić information content (AvgIpc) is 2.79. The summed E-state index contributed by atoms with van der Waals surface area (Å²) in [5.41, 5.74) is -1.51. The van der Waals surface area contributed by atoms with Crippen molar-refractivity contribution in [1.82, 2.24) is 5.32 Å². The molecule has 172 valence electrons. The molecule has 0 saturated carbocycles. The molecule has 3 rings (SSSR count). The fourth-order valence-electron chi connectivity index (χ4n) is 5.13. The fourth-order valence-corrected chi connectivity index (χ4v) is 5.33. The molecule has 3 N–H and O–H groups in total. The van der Waals surface area contributed by atoms with Gasteiger partial charge in [-0.3, -0.25) is 9.59 Å². The maximum atomic E-state index is 13.0. The standard InChI is InChI=1S/C26H27ClN2O4/c1-18-26(24(32)33,14-6-10-19-8-3-2-4-9-19)22(20-11-5-12-21(27)16-20)25(17-29-18,23(30)31)13-7-15-28/h2-6,8-12,16,18,22,29H,7,13-14,17H2,1H3,(H,30,31)(H,32,33). The lowest BCUT2D eigenvalue weighted by Gasteiger charge is -2.54. The molecule has 4 unspecified atom stereocenters. The van der Waals surface area contributed by atoms with E-state index in [0.29, 0.717) is 10.6 Å². The molecule has 6 nitrogen and oxygen atoms in total. The highest BCUT2D eigenvalue weighted by Gasteiger charge is 2.63. The Morgan fingerprint density at radius 3 is 2.52 bits per heavy atom. The molecule has 4 atom stereocenters. The van der Waals surface area contributed by atoms with Crippen LogP contribution in [-0.4, -0.2) is 34.7 Å². The van der Waals surface area contributed by atoms with Gasteiger partial charge in [0.1, 0.15) is 0 Å². The van der Waals surface area contributed by atoms with E-state index in [4.69, 9.17) is 11.6 Å². The van der Waals surface area contributed by atoms with Crippen LogP contribution in [0.2, 0.25) is 5.02 Å². The maximum Gasteiger partial charge on any atom is 0.312 e. The molecule has 1 heterocycles. The third kappa shape index (κ3) is 4.66. The molecule has 0 bridgehead atoms. The van der Waals surface area contributed by atoms with E-state index in [0.717, 1.165) is 5.56 Å². The normalized spacial score (nSPS) is 27.2. The number of rotatable bonds is 8. The van der Waals surface area contributed by atoms with Crippen LogP contribution < -0.4 is 5.32 Å². The number of carboxylic acid groups (broad SMARTS) is 2. The summed E-state index contributed by atoms with van der Waals surface area (Å²) in [7, 11) is 0. The van der Waals surface area contributed by atoms with Crippen molar-refractivity contribution in [2.24, 2.45) is 10.8 Å². The van der Waals surface area contributed by atoms with Gasteiger partial charge in [-0.05, 0) is 43.0 Å². The summed E-state index contributed by atoms with van der Waals surface area (Å²) >= 11 is 6.26. The molecule has 0 spiro atoms. The van der Waals surface area contributed by atoms with Gasteiger partial charge in [-0.2, -0.15) is 5.26 Å². The number of aliphatic carboxylic acids is 2. The van der Waals surface area contributed by atoms with Crippen LogP contribution in [0.15, 0.2) is 60.7 Å². The summed E-state index contributed by atoms with van der Waals surface area (Å²) in [5, 5.41) is 33.9. The topological polar surface area (TPSA) is 110 Å². The van der Waals surface area contributed by atoms with Crippen molar-refractivity contribution in [3.05, 3.63) is 76.8 Å². The Morgan fingerprint density at radius 2 is 1.91 bits per heavy atom. The molecule has 2 aromatic rings. The van der Waals surface area contributed by atoms with E-state index in [1.807, 2.05) is 42.5 Å². The Morgan fingerprint density at radius 1 is 1.18 bits per heavy atom. The minimum atomic E-state index is -1.49. The van der Waals surface area contributed by atoms with Crippen molar-refractivity contribution in [1.29, 1.82) is 5.26 Å². The minimum absolute atomic E-state index is 0.00498. The number of carboxylic acids is 2. The van der Waals surface area contributed by atoms with Crippen molar-refractivity contribution in [2.45, 2.75) is 38.1 Å². The molecule has 2 aromatic carbocycles. The molecule has 1 fully saturated rings. The highest BCUT2D eigenvalue weighted by molar-refractivity contribution is 6.30. The van der Waals surface area contributed by atoms with E-state index in [2.05, 4.69) is 5.32 Å². The molecule has 1 aliphatic rings. The summed E-state index contributed by atoms with van der Waals surface area (Å²) in [6.07, 6.45) is 3.76. The molecule has 0 aromatic heterocycles. The van der Waals surface area contributed by atoms with Crippen molar-refractivity contribution >= 4 is 29.6 Å². The lowest BCUT2D eigenvalue weighted by atomic mass is 9.52. The highest BCUT2D eigenvalue weighted by atomic mass is 35.5.